The Labute approximate surface area is 197 Å². The van der Waals surface area contributed by atoms with Crippen LogP contribution in [-0.2, 0) is 19.6 Å². The van der Waals surface area contributed by atoms with Crippen molar-refractivity contribution in [1.29, 1.82) is 0 Å². The summed E-state index contributed by atoms with van der Waals surface area (Å²) in [7, 11) is -3.82. The molecule has 1 saturated heterocycles. The normalized spacial score (nSPS) is 15.0. The number of carbonyl (C=O) groups excluding carboxylic acids is 2. The van der Waals surface area contributed by atoms with Gasteiger partial charge in [0.25, 0.3) is 0 Å². The monoisotopic (exact) mass is 493 g/mol. The summed E-state index contributed by atoms with van der Waals surface area (Å²) in [6.45, 7) is 0.123. The second-order valence-electron chi connectivity index (χ2n) is 7.24. The van der Waals surface area contributed by atoms with E-state index in [4.69, 9.17) is 29.6 Å². The number of piperidine rings is 1. The molecule has 0 aromatic heterocycles. The molecule has 0 saturated carbocycles. The quantitative estimate of drug-likeness (QED) is 0.604. The van der Waals surface area contributed by atoms with Crippen LogP contribution in [0, 0.1) is 18.3 Å². The number of rotatable bonds is 6. The van der Waals surface area contributed by atoms with Crippen molar-refractivity contribution in [3.63, 3.8) is 0 Å². The fraction of sp³-hybridized carbons (Fsp3) is 0.273. The second-order valence-corrected chi connectivity index (χ2v) is 9.99. The van der Waals surface area contributed by atoms with E-state index in [9.17, 15) is 18.0 Å². The van der Waals surface area contributed by atoms with Gasteiger partial charge in [0.1, 0.15) is 4.90 Å². The molecule has 2 amide bonds. The van der Waals surface area contributed by atoms with E-state index in [1.807, 2.05) is 0 Å². The number of terminal acetylenes is 1. The van der Waals surface area contributed by atoms with Crippen LogP contribution in [0.3, 0.4) is 0 Å². The van der Waals surface area contributed by atoms with E-state index in [0.29, 0.717) is 24.1 Å². The molecule has 168 valence electrons. The molecule has 2 aromatic carbocycles. The van der Waals surface area contributed by atoms with Crippen molar-refractivity contribution in [2.45, 2.75) is 17.7 Å². The molecule has 1 aliphatic rings. The molecular weight excluding hydrogens is 473 g/mol. The third-order valence-corrected chi connectivity index (χ3v) is 7.69. The van der Waals surface area contributed by atoms with Crippen LogP contribution < -0.4 is 10.6 Å². The first-order valence-electron chi connectivity index (χ1n) is 9.80. The number of nitrogens with zero attached hydrogens (tertiary/aromatic N) is 1. The summed E-state index contributed by atoms with van der Waals surface area (Å²) in [6.07, 6.45) is 6.00. The standard InChI is InChI=1S/C22H21Cl2N3O4S/c1-2-15-4-3-5-18(12-15)26-21(28)14-25-22(29)16-8-10-27(11-9-16)32(30,31)20-13-17(23)6-7-19(20)24/h1,3-7,12-13,16H,8-11,14H2,(H,25,29)(H,26,28). The molecule has 7 nitrogen and oxygen atoms in total. The van der Waals surface area contributed by atoms with Crippen LogP contribution in [0.1, 0.15) is 18.4 Å². The largest absolute Gasteiger partial charge is 0.347 e. The van der Waals surface area contributed by atoms with Gasteiger partial charge in [0.05, 0.1) is 11.6 Å². The van der Waals surface area contributed by atoms with Crippen molar-refractivity contribution in [2.24, 2.45) is 5.92 Å². The molecule has 2 aromatic rings. The fourth-order valence-corrected chi connectivity index (χ4v) is 5.58. The molecular formula is C22H21Cl2N3O4S. The number of halogens is 2. The van der Waals surface area contributed by atoms with E-state index >= 15 is 0 Å². The number of amides is 2. The third kappa shape index (κ3) is 5.81. The minimum absolute atomic E-state index is 0.0554. The van der Waals surface area contributed by atoms with Crippen molar-refractivity contribution in [3.05, 3.63) is 58.1 Å². The highest BCUT2D eigenvalue weighted by Crippen LogP contribution is 2.30. The zero-order valence-electron chi connectivity index (χ0n) is 17.0. The van der Waals surface area contributed by atoms with Crippen LogP contribution in [-0.4, -0.2) is 44.2 Å². The fourth-order valence-electron chi connectivity index (χ4n) is 3.38. The zero-order valence-corrected chi connectivity index (χ0v) is 19.3. The Balaban J connectivity index is 1.51. The van der Waals surface area contributed by atoms with Crippen LogP contribution in [0.4, 0.5) is 5.69 Å². The SMILES string of the molecule is C#Cc1cccc(NC(=O)CNC(=O)C2CCN(S(=O)(=O)c3cc(Cl)ccc3Cl)CC2)c1. The summed E-state index contributed by atoms with van der Waals surface area (Å²) in [5, 5.41) is 5.64. The topological polar surface area (TPSA) is 95.6 Å². The Bertz CT molecular complexity index is 1170. The molecule has 0 atom stereocenters. The van der Waals surface area contributed by atoms with Gasteiger partial charge in [0.15, 0.2) is 0 Å². The van der Waals surface area contributed by atoms with Gasteiger partial charge in [-0.3, -0.25) is 9.59 Å². The number of anilines is 1. The van der Waals surface area contributed by atoms with E-state index < -0.39 is 15.9 Å². The van der Waals surface area contributed by atoms with Crippen molar-refractivity contribution in [3.8, 4) is 12.3 Å². The van der Waals surface area contributed by atoms with Gasteiger partial charge in [-0.1, -0.05) is 35.2 Å². The van der Waals surface area contributed by atoms with Crippen molar-refractivity contribution in [1.82, 2.24) is 9.62 Å². The smallest absolute Gasteiger partial charge is 0.244 e. The van der Waals surface area contributed by atoms with Crippen LogP contribution in [0.5, 0.6) is 0 Å². The minimum atomic E-state index is -3.82. The van der Waals surface area contributed by atoms with Crippen LogP contribution in [0.25, 0.3) is 0 Å². The van der Waals surface area contributed by atoms with E-state index in [-0.39, 0.29) is 46.4 Å². The molecule has 3 rings (SSSR count). The van der Waals surface area contributed by atoms with Gasteiger partial charge in [-0.25, -0.2) is 8.42 Å². The maximum atomic E-state index is 12.9. The number of hydrogen-bond donors (Lipinski definition) is 2. The van der Waals surface area contributed by atoms with E-state index in [1.165, 1.54) is 22.5 Å². The number of carbonyl (C=O) groups is 2. The zero-order chi connectivity index (χ0) is 23.3. The molecule has 1 heterocycles. The average molecular weight is 494 g/mol. The Hall–Kier alpha value is -2.57. The van der Waals surface area contributed by atoms with E-state index in [1.54, 1.807) is 24.3 Å². The minimum Gasteiger partial charge on any atom is -0.347 e. The van der Waals surface area contributed by atoms with Gasteiger partial charge in [0, 0.05) is 35.3 Å². The van der Waals surface area contributed by atoms with Crippen molar-refractivity contribution < 1.29 is 18.0 Å². The maximum Gasteiger partial charge on any atom is 0.244 e. The lowest BCUT2D eigenvalue weighted by Crippen LogP contribution is -2.44. The lowest BCUT2D eigenvalue weighted by Gasteiger charge is -2.30. The first kappa shape index (κ1) is 24.1. The summed E-state index contributed by atoms with van der Waals surface area (Å²) in [6, 6.07) is 11.1. The molecule has 0 unspecified atom stereocenters. The van der Waals surface area contributed by atoms with Gasteiger partial charge in [-0.05, 0) is 49.2 Å². The average Bonchev–Trinajstić information content (AvgIpc) is 2.79. The van der Waals surface area contributed by atoms with Gasteiger partial charge in [-0.15, -0.1) is 6.42 Å². The lowest BCUT2D eigenvalue weighted by atomic mass is 9.97. The van der Waals surface area contributed by atoms with Gasteiger partial charge in [0.2, 0.25) is 21.8 Å². The third-order valence-electron chi connectivity index (χ3n) is 5.07. The number of nitrogens with one attached hydrogen (secondary N) is 2. The Kier molecular flexibility index (Phi) is 7.80. The number of sulfonamides is 1. The van der Waals surface area contributed by atoms with Gasteiger partial charge >= 0.3 is 0 Å². The molecule has 2 N–H and O–H groups in total. The summed E-state index contributed by atoms with van der Waals surface area (Å²) < 4.78 is 27.1. The molecule has 1 fully saturated rings. The predicted molar refractivity (Wildman–Crippen MR) is 124 cm³/mol. The number of hydrogen-bond acceptors (Lipinski definition) is 4. The molecule has 0 radical (unpaired) electrons. The molecule has 0 bridgehead atoms. The summed E-state index contributed by atoms with van der Waals surface area (Å²) >= 11 is 12.0. The highest BCUT2D eigenvalue weighted by molar-refractivity contribution is 7.89. The molecule has 0 aliphatic carbocycles. The van der Waals surface area contributed by atoms with Gasteiger partial charge in [-0.2, -0.15) is 4.31 Å². The summed E-state index contributed by atoms with van der Waals surface area (Å²) in [5.74, 6) is 1.41. The van der Waals surface area contributed by atoms with E-state index in [2.05, 4.69) is 16.6 Å². The molecule has 0 spiro atoms. The van der Waals surface area contributed by atoms with Crippen LogP contribution >= 0.6 is 23.2 Å². The van der Waals surface area contributed by atoms with Gasteiger partial charge < -0.3 is 10.6 Å². The first-order valence-corrected chi connectivity index (χ1v) is 12.0. The highest BCUT2D eigenvalue weighted by Gasteiger charge is 2.33. The predicted octanol–water partition coefficient (Wildman–Crippen LogP) is 3.13. The van der Waals surface area contributed by atoms with Crippen molar-refractivity contribution >= 4 is 50.7 Å². The molecule has 32 heavy (non-hydrogen) atoms. The Morgan fingerprint density at radius 3 is 2.53 bits per heavy atom. The van der Waals surface area contributed by atoms with E-state index in [0.717, 1.165) is 0 Å². The molecule has 10 heteroatoms. The lowest BCUT2D eigenvalue weighted by molar-refractivity contribution is -0.128. The molecule has 1 aliphatic heterocycles. The summed E-state index contributed by atoms with van der Waals surface area (Å²) in [5.41, 5.74) is 1.17. The number of benzene rings is 2. The second kappa shape index (κ2) is 10.4. The maximum absolute atomic E-state index is 12.9. The first-order chi connectivity index (χ1) is 15.2. The van der Waals surface area contributed by atoms with Crippen LogP contribution in [0.15, 0.2) is 47.4 Å². The Morgan fingerprint density at radius 2 is 1.84 bits per heavy atom. The van der Waals surface area contributed by atoms with Crippen molar-refractivity contribution in [2.75, 3.05) is 25.0 Å². The van der Waals surface area contributed by atoms with Crippen LogP contribution in [0.2, 0.25) is 10.0 Å². The summed E-state index contributed by atoms with van der Waals surface area (Å²) in [4.78, 5) is 24.5. The Morgan fingerprint density at radius 1 is 1.12 bits per heavy atom. The highest BCUT2D eigenvalue weighted by atomic mass is 35.5.